The maximum Gasteiger partial charge on any atom is 0.410 e. The van der Waals surface area contributed by atoms with Crippen molar-refractivity contribution in [3.63, 3.8) is 0 Å². The Labute approximate surface area is 165 Å². The Balaban J connectivity index is 1.60. The molecule has 1 fully saturated rings. The van der Waals surface area contributed by atoms with Crippen LogP contribution in [0.4, 0.5) is 10.5 Å². The molecule has 2 amide bonds. The van der Waals surface area contributed by atoms with Gasteiger partial charge in [0.05, 0.1) is 0 Å². The molecular formula is C22H27N3O3. The Morgan fingerprint density at radius 1 is 0.893 bits per heavy atom. The zero-order valence-electron chi connectivity index (χ0n) is 16.6. The molecule has 0 saturated carbocycles. The molecule has 0 radical (unpaired) electrons. The van der Waals surface area contributed by atoms with Crippen molar-refractivity contribution < 1.29 is 14.3 Å². The number of ether oxygens (including phenoxy) is 1. The first-order chi connectivity index (χ1) is 13.2. The van der Waals surface area contributed by atoms with Gasteiger partial charge in [0.25, 0.3) is 5.91 Å². The minimum absolute atomic E-state index is 0.0250. The van der Waals surface area contributed by atoms with Gasteiger partial charge < -0.3 is 20.3 Å². The van der Waals surface area contributed by atoms with Crippen molar-refractivity contribution in [2.45, 2.75) is 26.4 Å². The molecule has 1 heterocycles. The highest BCUT2D eigenvalue weighted by Crippen LogP contribution is 2.22. The lowest BCUT2D eigenvalue weighted by molar-refractivity contribution is 0.0141. The van der Waals surface area contributed by atoms with Gasteiger partial charge in [-0.25, -0.2) is 4.79 Å². The van der Waals surface area contributed by atoms with E-state index < -0.39 is 5.60 Å². The number of benzene rings is 2. The quantitative estimate of drug-likeness (QED) is 0.806. The van der Waals surface area contributed by atoms with E-state index >= 15 is 0 Å². The van der Waals surface area contributed by atoms with Crippen LogP contribution in [0, 0.1) is 0 Å². The van der Waals surface area contributed by atoms with E-state index in [9.17, 15) is 9.59 Å². The molecule has 2 aromatic rings. The van der Waals surface area contributed by atoms with Gasteiger partial charge in [-0.3, -0.25) is 4.79 Å². The minimum atomic E-state index is -0.519. The normalized spacial score (nSPS) is 14.7. The average molecular weight is 381 g/mol. The molecule has 0 spiro atoms. The molecule has 28 heavy (non-hydrogen) atoms. The van der Waals surface area contributed by atoms with E-state index in [4.69, 9.17) is 10.5 Å². The van der Waals surface area contributed by atoms with E-state index in [1.807, 2.05) is 69.3 Å². The Bertz CT molecular complexity index is 848. The number of anilines is 1. The van der Waals surface area contributed by atoms with Crippen LogP contribution in [0.3, 0.4) is 0 Å². The summed E-state index contributed by atoms with van der Waals surface area (Å²) in [5, 5.41) is 0. The van der Waals surface area contributed by atoms with Crippen LogP contribution in [0.5, 0.6) is 0 Å². The van der Waals surface area contributed by atoms with Gasteiger partial charge in [-0.05, 0) is 56.2 Å². The topological polar surface area (TPSA) is 75.9 Å². The van der Waals surface area contributed by atoms with Crippen molar-refractivity contribution in [1.29, 1.82) is 0 Å². The second kappa shape index (κ2) is 7.92. The predicted molar refractivity (Wildman–Crippen MR) is 110 cm³/mol. The number of nitrogens with zero attached hydrogens (tertiary/aromatic N) is 2. The Hall–Kier alpha value is -3.02. The lowest BCUT2D eigenvalue weighted by atomic mass is 10.0. The van der Waals surface area contributed by atoms with Crippen molar-refractivity contribution in [2.24, 2.45) is 0 Å². The van der Waals surface area contributed by atoms with Crippen LogP contribution in [-0.4, -0.2) is 53.6 Å². The number of hydrogen-bond acceptors (Lipinski definition) is 4. The zero-order valence-corrected chi connectivity index (χ0v) is 16.6. The number of hydrogen-bond donors (Lipinski definition) is 1. The number of piperazine rings is 1. The van der Waals surface area contributed by atoms with Crippen molar-refractivity contribution in [1.82, 2.24) is 9.80 Å². The van der Waals surface area contributed by atoms with Crippen LogP contribution in [0.25, 0.3) is 11.1 Å². The molecule has 0 unspecified atom stereocenters. The van der Waals surface area contributed by atoms with Crippen LogP contribution in [0.15, 0.2) is 48.5 Å². The molecule has 1 aliphatic heterocycles. The molecule has 0 aromatic heterocycles. The van der Waals surface area contributed by atoms with Crippen molar-refractivity contribution in [3.05, 3.63) is 54.1 Å². The number of carbonyl (C=O) groups excluding carboxylic acids is 2. The summed E-state index contributed by atoms with van der Waals surface area (Å²) in [6.07, 6.45) is -0.328. The van der Waals surface area contributed by atoms with Crippen LogP contribution in [0.2, 0.25) is 0 Å². The van der Waals surface area contributed by atoms with Crippen LogP contribution in [-0.2, 0) is 4.74 Å². The van der Waals surface area contributed by atoms with Crippen molar-refractivity contribution >= 4 is 17.7 Å². The summed E-state index contributed by atoms with van der Waals surface area (Å²) in [4.78, 5) is 28.4. The highest BCUT2D eigenvalue weighted by Gasteiger charge is 2.28. The Morgan fingerprint density at radius 2 is 1.50 bits per heavy atom. The van der Waals surface area contributed by atoms with E-state index in [1.54, 1.807) is 9.80 Å². The minimum Gasteiger partial charge on any atom is -0.444 e. The summed E-state index contributed by atoms with van der Waals surface area (Å²) in [7, 11) is 0. The number of amides is 2. The van der Waals surface area contributed by atoms with Crippen LogP contribution >= 0.6 is 0 Å². The lowest BCUT2D eigenvalue weighted by Crippen LogP contribution is -2.51. The zero-order chi connectivity index (χ0) is 20.3. The monoisotopic (exact) mass is 381 g/mol. The van der Waals surface area contributed by atoms with E-state index in [1.165, 1.54) is 0 Å². The second-order valence-corrected chi connectivity index (χ2v) is 7.96. The molecule has 6 heteroatoms. The summed E-state index contributed by atoms with van der Waals surface area (Å²) in [6.45, 7) is 7.47. The van der Waals surface area contributed by atoms with Crippen molar-refractivity contribution in [2.75, 3.05) is 31.9 Å². The molecule has 3 rings (SSSR count). The van der Waals surface area contributed by atoms with Crippen LogP contribution in [0.1, 0.15) is 31.1 Å². The molecule has 2 aromatic carbocycles. The molecule has 0 bridgehead atoms. The highest BCUT2D eigenvalue weighted by atomic mass is 16.6. The first-order valence-corrected chi connectivity index (χ1v) is 9.46. The fourth-order valence-electron chi connectivity index (χ4n) is 3.12. The first-order valence-electron chi connectivity index (χ1n) is 9.46. The average Bonchev–Trinajstić information content (AvgIpc) is 2.66. The third-order valence-electron chi connectivity index (χ3n) is 4.57. The number of rotatable bonds is 2. The summed E-state index contributed by atoms with van der Waals surface area (Å²) >= 11 is 0. The third kappa shape index (κ3) is 4.82. The van der Waals surface area contributed by atoms with E-state index in [2.05, 4.69) is 0 Å². The van der Waals surface area contributed by atoms with Gasteiger partial charge >= 0.3 is 6.09 Å². The van der Waals surface area contributed by atoms with Gasteiger partial charge in [0.15, 0.2) is 0 Å². The fourth-order valence-corrected chi connectivity index (χ4v) is 3.12. The molecule has 148 valence electrons. The van der Waals surface area contributed by atoms with Crippen LogP contribution < -0.4 is 5.73 Å². The summed E-state index contributed by atoms with van der Waals surface area (Å²) in [5.74, 6) is -0.0250. The SMILES string of the molecule is CC(C)(C)OC(=O)N1CCN(C(=O)c2ccc(-c3cccc(N)c3)cc2)CC1. The molecule has 2 N–H and O–H groups in total. The van der Waals surface area contributed by atoms with Gasteiger partial charge in [0.2, 0.25) is 0 Å². The number of carbonyl (C=O) groups is 2. The summed E-state index contributed by atoms with van der Waals surface area (Å²) in [6, 6.07) is 15.2. The third-order valence-corrected chi connectivity index (χ3v) is 4.57. The summed E-state index contributed by atoms with van der Waals surface area (Å²) < 4.78 is 5.40. The molecule has 0 aliphatic carbocycles. The van der Waals surface area contributed by atoms with Gasteiger partial charge in [-0.1, -0.05) is 24.3 Å². The maximum absolute atomic E-state index is 12.8. The van der Waals surface area contributed by atoms with Gasteiger partial charge in [0.1, 0.15) is 5.60 Å². The van der Waals surface area contributed by atoms with E-state index in [0.717, 1.165) is 11.1 Å². The largest absolute Gasteiger partial charge is 0.444 e. The molecule has 0 atom stereocenters. The fraction of sp³-hybridized carbons (Fsp3) is 0.364. The van der Waals surface area contributed by atoms with Gasteiger partial charge in [0, 0.05) is 37.4 Å². The second-order valence-electron chi connectivity index (χ2n) is 7.96. The summed E-state index contributed by atoms with van der Waals surface area (Å²) in [5.41, 5.74) is 8.70. The smallest absolute Gasteiger partial charge is 0.410 e. The van der Waals surface area contributed by atoms with E-state index in [-0.39, 0.29) is 12.0 Å². The van der Waals surface area contributed by atoms with Crippen molar-refractivity contribution in [3.8, 4) is 11.1 Å². The molecule has 1 aliphatic rings. The Morgan fingerprint density at radius 3 is 2.07 bits per heavy atom. The van der Waals surface area contributed by atoms with Gasteiger partial charge in [-0.2, -0.15) is 0 Å². The highest BCUT2D eigenvalue weighted by molar-refractivity contribution is 5.95. The predicted octanol–water partition coefficient (Wildman–Crippen LogP) is 3.63. The molecule has 1 saturated heterocycles. The Kier molecular flexibility index (Phi) is 5.58. The maximum atomic E-state index is 12.8. The number of nitrogens with two attached hydrogens (primary N) is 1. The standard InChI is InChI=1S/C22H27N3O3/c1-22(2,3)28-21(27)25-13-11-24(12-14-25)20(26)17-9-7-16(8-10-17)18-5-4-6-19(23)15-18/h4-10,15H,11-14,23H2,1-3H3. The first kappa shape index (κ1) is 19.7. The van der Waals surface area contributed by atoms with E-state index in [0.29, 0.717) is 37.4 Å². The van der Waals surface area contributed by atoms with Gasteiger partial charge in [-0.15, -0.1) is 0 Å². The molecular weight excluding hydrogens is 354 g/mol. The number of nitrogen functional groups attached to an aromatic ring is 1. The lowest BCUT2D eigenvalue weighted by Gasteiger charge is -2.35. The molecule has 6 nitrogen and oxygen atoms in total.